The minimum absolute atomic E-state index is 0.109. The second kappa shape index (κ2) is 9.52. The fourth-order valence-corrected chi connectivity index (χ4v) is 3.86. The first-order valence-electron chi connectivity index (χ1n) is 10.6. The molecule has 0 aliphatic heterocycles. The van der Waals surface area contributed by atoms with E-state index in [-0.39, 0.29) is 12.4 Å². The zero-order chi connectivity index (χ0) is 22.5. The summed E-state index contributed by atoms with van der Waals surface area (Å²) in [6.07, 6.45) is 1.82. The van der Waals surface area contributed by atoms with Crippen LogP contribution in [0.1, 0.15) is 18.1 Å². The van der Waals surface area contributed by atoms with Gasteiger partial charge >= 0.3 is 6.09 Å². The molecule has 1 unspecified atom stereocenters. The first-order chi connectivity index (χ1) is 15.5. The van der Waals surface area contributed by atoms with E-state index in [9.17, 15) is 9.59 Å². The van der Waals surface area contributed by atoms with Crippen LogP contribution in [0.3, 0.4) is 0 Å². The summed E-state index contributed by atoms with van der Waals surface area (Å²) in [5, 5.41) is 3.81. The first kappa shape index (κ1) is 21.4. The van der Waals surface area contributed by atoms with Gasteiger partial charge < -0.3 is 14.6 Å². The number of Topliss-reactive ketones (excluding diaryl/α,β-unsaturated/α-hetero) is 1. The summed E-state index contributed by atoms with van der Waals surface area (Å²) in [5.74, 6) is -0.109. The molecule has 0 saturated heterocycles. The van der Waals surface area contributed by atoms with Gasteiger partial charge in [0.2, 0.25) is 0 Å². The van der Waals surface area contributed by atoms with Crippen LogP contribution >= 0.6 is 0 Å². The molecule has 5 heteroatoms. The minimum atomic E-state index is -0.645. The highest BCUT2D eigenvalue weighted by atomic mass is 16.5. The Hall–Kier alpha value is -3.86. The average Bonchev–Trinajstić information content (AvgIpc) is 3.13. The Labute approximate surface area is 187 Å². The van der Waals surface area contributed by atoms with E-state index in [1.54, 1.807) is 0 Å². The highest BCUT2D eigenvalue weighted by molar-refractivity contribution is 5.88. The SMILES string of the molecule is CC(=O)C(Cc1cn(C)c2ccccc12)NC(=O)OCc1ccc(-c2ccccc2)cc1. The number of fused-ring (bicyclic) bond motifs is 1. The van der Waals surface area contributed by atoms with Crippen LogP contribution < -0.4 is 5.32 Å². The van der Waals surface area contributed by atoms with Gasteiger partial charge in [0.25, 0.3) is 0 Å². The summed E-state index contributed by atoms with van der Waals surface area (Å²) in [6.45, 7) is 1.62. The average molecular weight is 427 g/mol. The Kier molecular flexibility index (Phi) is 6.36. The van der Waals surface area contributed by atoms with Crippen LogP contribution in [0.5, 0.6) is 0 Å². The van der Waals surface area contributed by atoms with Crippen molar-refractivity contribution in [3.05, 3.63) is 96.2 Å². The molecule has 0 fully saturated rings. The second-order valence-corrected chi connectivity index (χ2v) is 7.93. The maximum atomic E-state index is 12.4. The van der Waals surface area contributed by atoms with Crippen LogP contribution in [0.2, 0.25) is 0 Å². The maximum Gasteiger partial charge on any atom is 0.408 e. The fraction of sp³-hybridized carbons (Fsp3) is 0.185. The standard InChI is InChI=1S/C27H26N2O3/c1-19(30)25(16-23-17-29(2)26-11-7-6-10-24(23)26)28-27(31)32-18-20-12-14-22(15-13-20)21-8-4-3-5-9-21/h3-15,17,25H,16,18H2,1-2H3,(H,28,31). The normalized spacial score (nSPS) is 11.8. The van der Waals surface area contributed by atoms with Crippen molar-refractivity contribution < 1.29 is 14.3 Å². The molecule has 0 bridgehead atoms. The number of alkyl carbamates (subject to hydrolysis) is 1. The number of amides is 1. The number of carbonyl (C=O) groups excluding carboxylic acids is 2. The van der Waals surface area contributed by atoms with Crippen molar-refractivity contribution in [2.24, 2.45) is 7.05 Å². The van der Waals surface area contributed by atoms with Crippen molar-refractivity contribution in [3.63, 3.8) is 0 Å². The molecule has 0 aliphatic carbocycles. The van der Waals surface area contributed by atoms with E-state index >= 15 is 0 Å². The van der Waals surface area contributed by atoms with Crippen LogP contribution in [0.4, 0.5) is 4.79 Å². The van der Waals surface area contributed by atoms with E-state index in [4.69, 9.17) is 4.74 Å². The van der Waals surface area contributed by atoms with Crippen LogP contribution in [0.15, 0.2) is 85.1 Å². The lowest BCUT2D eigenvalue weighted by Gasteiger charge is -2.16. The summed E-state index contributed by atoms with van der Waals surface area (Å²) in [5.41, 5.74) is 5.22. The summed E-state index contributed by atoms with van der Waals surface area (Å²) in [4.78, 5) is 24.6. The summed E-state index contributed by atoms with van der Waals surface area (Å²) >= 11 is 0. The van der Waals surface area contributed by atoms with Gasteiger partial charge in [-0.25, -0.2) is 4.79 Å². The maximum absolute atomic E-state index is 12.4. The van der Waals surface area contributed by atoms with Crippen LogP contribution in [0.25, 0.3) is 22.0 Å². The number of nitrogens with zero attached hydrogens (tertiary/aromatic N) is 1. The minimum Gasteiger partial charge on any atom is -0.445 e. The molecule has 1 aromatic heterocycles. The lowest BCUT2D eigenvalue weighted by molar-refractivity contribution is -0.118. The third-order valence-electron chi connectivity index (χ3n) is 5.62. The molecule has 32 heavy (non-hydrogen) atoms. The molecule has 0 radical (unpaired) electrons. The summed E-state index contributed by atoms with van der Waals surface area (Å²) in [7, 11) is 1.97. The van der Waals surface area contributed by atoms with Crippen LogP contribution in [-0.4, -0.2) is 22.5 Å². The van der Waals surface area contributed by atoms with Crippen molar-refractivity contribution in [1.29, 1.82) is 0 Å². The van der Waals surface area contributed by atoms with Crippen LogP contribution in [0, 0.1) is 0 Å². The predicted molar refractivity (Wildman–Crippen MR) is 126 cm³/mol. The molecular formula is C27H26N2O3. The van der Waals surface area contributed by atoms with E-state index in [0.717, 1.165) is 33.2 Å². The number of benzene rings is 3. The van der Waals surface area contributed by atoms with Gasteiger partial charge in [-0.1, -0.05) is 72.8 Å². The van der Waals surface area contributed by atoms with Gasteiger partial charge in [-0.3, -0.25) is 4.79 Å². The Morgan fingerprint density at radius 3 is 2.28 bits per heavy atom. The molecule has 0 aliphatic rings. The number of hydrogen-bond donors (Lipinski definition) is 1. The number of ketones is 1. The smallest absolute Gasteiger partial charge is 0.408 e. The summed E-state index contributed by atoms with van der Waals surface area (Å²) in [6, 6.07) is 25.3. The molecule has 0 spiro atoms. The van der Waals surface area contributed by atoms with E-state index in [0.29, 0.717) is 6.42 Å². The predicted octanol–water partition coefficient (Wildman–Crippen LogP) is 5.27. The molecule has 1 heterocycles. The van der Waals surface area contributed by atoms with Crippen LogP contribution in [-0.2, 0) is 29.6 Å². The zero-order valence-corrected chi connectivity index (χ0v) is 18.2. The molecule has 4 aromatic rings. The first-order valence-corrected chi connectivity index (χ1v) is 10.6. The Balaban J connectivity index is 1.37. The van der Waals surface area contributed by atoms with Crippen molar-refractivity contribution in [3.8, 4) is 11.1 Å². The van der Waals surface area contributed by atoms with Gasteiger partial charge in [-0.15, -0.1) is 0 Å². The van der Waals surface area contributed by atoms with Gasteiger partial charge in [0.1, 0.15) is 6.61 Å². The van der Waals surface area contributed by atoms with E-state index in [1.807, 2.05) is 84.5 Å². The molecule has 3 aromatic carbocycles. The molecule has 1 N–H and O–H groups in total. The van der Waals surface area contributed by atoms with E-state index in [2.05, 4.69) is 17.4 Å². The largest absolute Gasteiger partial charge is 0.445 e. The van der Waals surface area contributed by atoms with E-state index in [1.165, 1.54) is 6.92 Å². The number of hydrogen-bond acceptors (Lipinski definition) is 3. The quantitative estimate of drug-likeness (QED) is 0.438. The highest BCUT2D eigenvalue weighted by Crippen LogP contribution is 2.22. The molecular weight excluding hydrogens is 400 g/mol. The highest BCUT2D eigenvalue weighted by Gasteiger charge is 2.20. The lowest BCUT2D eigenvalue weighted by atomic mass is 10.0. The number of aromatic nitrogens is 1. The number of para-hydroxylation sites is 1. The Morgan fingerprint density at radius 2 is 1.56 bits per heavy atom. The van der Waals surface area contributed by atoms with Gasteiger partial charge in [0.05, 0.1) is 6.04 Å². The summed E-state index contributed by atoms with van der Waals surface area (Å²) < 4.78 is 7.40. The van der Waals surface area contributed by atoms with Gasteiger partial charge in [-0.2, -0.15) is 0 Å². The number of nitrogens with one attached hydrogen (secondary N) is 1. The molecule has 162 valence electrons. The fourth-order valence-electron chi connectivity index (χ4n) is 3.86. The monoisotopic (exact) mass is 426 g/mol. The van der Waals surface area contributed by atoms with E-state index < -0.39 is 12.1 Å². The molecule has 4 rings (SSSR count). The Morgan fingerprint density at radius 1 is 0.906 bits per heavy atom. The Bertz CT molecular complexity index is 1230. The second-order valence-electron chi connectivity index (χ2n) is 7.93. The lowest BCUT2D eigenvalue weighted by Crippen LogP contribution is -2.41. The van der Waals surface area contributed by atoms with Gasteiger partial charge in [0.15, 0.2) is 5.78 Å². The molecule has 0 saturated carbocycles. The molecule has 5 nitrogen and oxygen atoms in total. The number of carbonyl (C=O) groups is 2. The van der Waals surface area contributed by atoms with Crippen molar-refractivity contribution >= 4 is 22.8 Å². The number of rotatable bonds is 7. The zero-order valence-electron chi connectivity index (χ0n) is 18.2. The van der Waals surface area contributed by atoms with Crippen molar-refractivity contribution in [2.45, 2.75) is 26.0 Å². The van der Waals surface area contributed by atoms with Crippen molar-refractivity contribution in [2.75, 3.05) is 0 Å². The topological polar surface area (TPSA) is 60.3 Å². The number of aryl methyl sites for hydroxylation is 1. The number of ether oxygens (including phenoxy) is 1. The van der Waals surface area contributed by atoms with Gasteiger partial charge in [0, 0.05) is 30.6 Å². The molecule has 1 atom stereocenters. The molecule has 1 amide bonds. The third kappa shape index (κ3) is 4.89. The van der Waals surface area contributed by atoms with Gasteiger partial charge in [-0.05, 0) is 35.2 Å². The third-order valence-corrected chi connectivity index (χ3v) is 5.62. The van der Waals surface area contributed by atoms with Crippen molar-refractivity contribution in [1.82, 2.24) is 9.88 Å².